The Balaban J connectivity index is 2.23. The van der Waals surface area contributed by atoms with Crippen LogP contribution in [0.25, 0.3) is 0 Å². The Morgan fingerprint density at radius 2 is 1.96 bits per heavy atom. The number of hydrogen-bond acceptors (Lipinski definition) is 2. The zero-order valence-corrected chi connectivity index (χ0v) is 14.4. The van der Waals surface area contributed by atoms with Gasteiger partial charge in [-0.05, 0) is 42.7 Å². The predicted octanol–water partition coefficient (Wildman–Crippen LogP) is 5.10. The normalized spacial score (nSPS) is 16.3. The third kappa shape index (κ3) is 4.56. The van der Waals surface area contributed by atoms with Crippen LogP contribution < -0.4 is 5.32 Å². The molecule has 2 rings (SSSR count). The molecule has 1 atom stereocenters. The molecule has 0 aromatic heterocycles. The summed E-state index contributed by atoms with van der Waals surface area (Å²) in [6, 6.07) is 7.55. The number of allylic oxidation sites excluding steroid dienone is 1. The molecule has 24 heavy (non-hydrogen) atoms. The average Bonchev–Trinajstić information content (AvgIpc) is 2.54. The van der Waals surface area contributed by atoms with Crippen LogP contribution >= 0.6 is 0 Å². The van der Waals surface area contributed by atoms with Crippen molar-refractivity contribution in [1.29, 1.82) is 0 Å². The summed E-state index contributed by atoms with van der Waals surface area (Å²) < 4.78 is 31.1. The van der Waals surface area contributed by atoms with Crippen molar-refractivity contribution in [1.82, 2.24) is 0 Å². The maximum Gasteiger partial charge on any atom is 0.295 e. The summed E-state index contributed by atoms with van der Waals surface area (Å²) in [5, 5.41) is 2.81. The van der Waals surface area contributed by atoms with Crippen molar-refractivity contribution in [3.8, 4) is 0 Å². The molecule has 0 spiro atoms. The van der Waals surface area contributed by atoms with E-state index < -0.39 is 18.1 Å². The number of nitrogens with one attached hydrogen (secondary N) is 1. The molecule has 1 aromatic carbocycles. The highest BCUT2D eigenvalue weighted by Gasteiger charge is 2.27. The van der Waals surface area contributed by atoms with E-state index in [1.807, 2.05) is 24.3 Å². The number of carbonyl (C=O) groups is 1. The monoisotopic (exact) mass is 337 g/mol. The van der Waals surface area contributed by atoms with Gasteiger partial charge in [0.15, 0.2) is 5.76 Å². The highest BCUT2D eigenvalue weighted by atomic mass is 19.3. The van der Waals surface area contributed by atoms with Crippen LogP contribution in [0.3, 0.4) is 0 Å². The molecular formula is C19H25F2NO2. The molecule has 0 fully saturated rings. The highest BCUT2D eigenvalue weighted by molar-refractivity contribution is 6.04. The number of benzene rings is 1. The number of rotatable bonds is 6. The van der Waals surface area contributed by atoms with Crippen molar-refractivity contribution >= 4 is 11.6 Å². The van der Waals surface area contributed by atoms with Crippen LogP contribution in [0.4, 0.5) is 14.5 Å². The third-order valence-corrected chi connectivity index (χ3v) is 4.16. The van der Waals surface area contributed by atoms with Crippen molar-refractivity contribution in [2.24, 2.45) is 5.92 Å². The number of carbonyl (C=O) groups excluding carboxylic acids is 1. The molecule has 0 radical (unpaired) electrons. The molecule has 1 amide bonds. The topological polar surface area (TPSA) is 38.3 Å². The van der Waals surface area contributed by atoms with Crippen LogP contribution in [-0.4, -0.2) is 18.9 Å². The molecule has 0 aliphatic carbocycles. The van der Waals surface area contributed by atoms with E-state index in [0.717, 1.165) is 12.0 Å². The van der Waals surface area contributed by atoms with Crippen molar-refractivity contribution in [3.05, 3.63) is 41.2 Å². The zero-order valence-electron chi connectivity index (χ0n) is 14.4. The van der Waals surface area contributed by atoms with Crippen LogP contribution in [0, 0.1) is 5.92 Å². The van der Waals surface area contributed by atoms with Crippen molar-refractivity contribution < 1.29 is 18.3 Å². The minimum absolute atomic E-state index is 0.0579. The standard InChI is InChI=1S/C19H25F2NO2/c1-12(2)11-13(3)14-7-4-5-9-16(14)22-19(23)15-8-6-10-24-17(15)18(20)21/h4-5,7,9,12-13,18H,6,8,10-11H2,1-3H3,(H,22,23). The van der Waals surface area contributed by atoms with Gasteiger partial charge in [-0.2, -0.15) is 0 Å². The average molecular weight is 337 g/mol. The number of amides is 1. The van der Waals surface area contributed by atoms with Gasteiger partial charge in [0.25, 0.3) is 12.3 Å². The van der Waals surface area contributed by atoms with Crippen LogP contribution in [0.2, 0.25) is 0 Å². The number of hydrogen-bond donors (Lipinski definition) is 1. The van der Waals surface area contributed by atoms with E-state index in [1.165, 1.54) is 0 Å². The molecule has 3 nitrogen and oxygen atoms in total. The molecule has 132 valence electrons. The molecule has 5 heteroatoms. The Bertz CT molecular complexity index is 611. The summed E-state index contributed by atoms with van der Waals surface area (Å²) in [6.07, 6.45) is -0.887. The molecule has 1 unspecified atom stereocenters. The van der Waals surface area contributed by atoms with Gasteiger partial charge in [-0.1, -0.05) is 39.0 Å². The Morgan fingerprint density at radius 3 is 2.62 bits per heavy atom. The minimum atomic E-state index is -2.76. The third-order valence-electron chi connectivity index (χ3n) is 4.16. The van der Waals surface area contributed by atoms with E-state index in [4.69, 9.17) is 4.74 Å². The molecule has 1 heterocycles. The second kappa shape index (κ2) is 8.27. The van der Waals surface area contributed by atoms with Crippen LogP contribution in [-0.2, 0) is 9.53 Å². The quantitative estimate of drug-likeness (QED) is 0.784. The predicted molar refractivity (Wildman–Crippen MR) is 91.2 cm³/mol. The molecule has 0 bridgehead atoms. The largest absolute Gasteiger partial charge is 0.491 e. The van der Waals surface area contributed by atoms with E-state index in [9.17, 15) is 13.6 Å². The summed E-state index contributed by atoms with van der Waals surface area (Å²) in [5.41, 5.74) is 1.76. The van der Waals surface area contributed by atoms with Gasteiger partial charge in [-0.15, -0.1) is 0 Å². The van der Waals surface area contributed by atoms with E-state index in [-0.39, 0.29) is 18.1 Å². The fraction of sp³-hybridized carbons (Fsp3) is 0.526. The Labute approximate surface area is 142 Å². The molecule has 1 N–H and O–H groups in total. The Kier molecular flexibility index (Phi) is 6.35. The van der Waals surface area contributed by atoms with Gasteiger partial charge in [0.05, 0.1) is 12.2 Å². The number of anilines is 1. The first-order chi connectivity index (χ1) is 11.4. The molecular weight excluding hydrogens is 312 g/mol. The summed E-state index contributed by atoms with van der Waals surface area (Å²) in [7, 11) is 0. The smallest absolute Gasteiger partial charge is 0.295 e. The Morgan fingerprint density at radius 1 is 1.25 bits per heavy atom. The molecule has 1 aliphatic rings. The SMILES string of the molecule is CC(C)CC(C)c1ccccc1NC(=O)C1=C(C(F)F)OCCC1. The first kappa shape index (κ1) is 18.4. The summed E-state index contributed by atoms with van der Waals surface area (Å²) in [4.78, 5) is 12.5. The van der Waals surface area contributed by atoms with Gasteiger partial charge >= 0.3 is 0 Å². The Hall–Kier alpha value is -1.91. The molecule has 0 saturated heterocycles. The van der Waals surface area contributed by atoms with Gasteiger partial charge in [-0.3, -0.25) is 4.79 Å². The van der Waals surface area contributed by atoms with Gasteiger partial charge < -0.3 is 10.1 Å². The number of ether oxygens (including phenoxy) is 1. The minimum Gasteiger partial charge on any atom is -0.491 e. The zero-order chi connectivity index (χ0) is 17.7. The van der Waals surface area contributed by atoms with Gasteiger partial charge in [0, 0.05) is 5.69 Å². The number of halogens is 2. The van der Waals surface area contributed by atoms with Crippen LogP contribution in [0.15, 0.2) is 35.6 Å². The second-order valence-corrected chi connectivity index (χ2v) is 6.67. The lowest BCUT2D eigenvalue weighted by molar-refractivity contribution is -0.113. The van der Waals surface area contributed by atoms with Gasteiger partial charge in [0.2, 0.25) is 0 Å². The summed E-state index contributed by atoms with van der Waals surface area (Å²) in [6.45, 7) is 6.64. The van der Waals surface area contributed by atoms with E-state index in [0.29, 0.717) is 24.4 Å². The highest BCUT2D eigenvalue weighted by Crippen LogP contribution is 2.31. The number of para-hydroxylation sites is 1. The van der Waals surface area contributed by atoms with Crippen molar-refractivity contribution in [2.45, 2.75) is 52.4 Å². The van der Waals surface area contributed by atoms with Crippen molar-refractivity contribution in [3.63, 3.8) is 0 Å². The summed E-state index contributed by atoms with van der Waals surface area (Å²) >= 11 is 0. The van der Waals surface area contributed by atoms with Gasteiger partial charge in [-0.25, -0.2) is 8.78 Å². The lowest BCUT2D eigenvalue weighted by Crippen LogP contribution is -2.23. The van der Waals surface area contributed by atoms with Crippen molar-refractivity contribution in [2.75, 3.05) is 11.9 Å². The maximum absolute atomic E-state index is 13.1. The second-order valence-electron chi connectivity index (χ2n) is 6.67. The van der Waals surface area contributed by atoms with E-state index in [1.54, 1.807) is 0 Å². The fourth-order valence-corrected chi connectivity index (χ4v) is 3.13. The van der Waals surface area contributed by atoms with Gasteiger partial charge in [0.1, 0.15) is 0 Å². The number of alkyl halides is 2. The van der Waals surface area contributed by atoms with E-state index >= 15 is 0 Å². The molecule has 0 saturated carbocycles. The van der Waals surface area contributed by atoms with Crippen LogP contribution in [0.1, 0.15) is 51.5 Å². The molecule has 1 aromatic rings. The fourth-order valence-electron chi connectivity index (χ4n) is 3.13. The summed E-state index contributed by atoms with van der Waals surface area (Å²) in [5.74, 6) is -0.169. The molecule has 1 aliphatic heterocycles. The van der Waals surface area contributed by atoms with Crippen LogP contribution in [0.5, 0.6) is 0 Å². The maximum atomic E-state index is 13.1. The first-order valence-electron chi connectivity index (χ1n) is 8.44. The first-order valence-corrected chi connectivity index (χ1v) is 8.44. The van der Waals surface area contributed by atoms with E-state index in [2.05, 4.69) is 26.1 Å². The lowest BCUT2D eigenvalue weighted by atomic mass is 9.91. The lowest BCUT2D eigenvalue weighted by Gasteiger charge is -2.22.